The molecule has 0 aliphatic heterocycles. The van der Waals surface area contributed by atoms with Crippen molar-refractivity contribution in [2.24, 2.45) is 0 Å². The summed E-state index contributed by atoms with van der Waals surface area (Å²) < 4.78 is 0.985. The van der Waals surface area contributed by atoms with Crippen LogP contribution in [-0.2, 0) is 0 Å². The Morgan fingerprint density at radius 1 is 0.810 bits per heavy atom. The molecule has 0 amide bonds. The van der Waals surface area contributed by atoms with Crippen molar-refractivity contribution in [3.05, 3.63) is 77.4 Å². The van der Waals surface area contributed by atoms with Gasteiger partial charge in [-0.2, -0.15) is 0 Å². The molecule has 0 saturated carbocycles. The summed E-state index contributed by atoms with van der Waals surface area (Å²) in [5, 5.41) is 0. The minimum atomic E-state index is 0.922. The minimum absolute atomic E-state index is 0.922. The lowest BCUT2D eigenvalue weighted by Gasteiger charge is -2.18. The van der Waals surface area contributed by atoms with Crippen molar-refractivity contribution in [3.63, 3.8) is 0 Å². The highest BCUT2D eigenvalue weighted by Crippen LogP contribution is 2.26. The van der Waals surface area contributed by atoms with E-state index in [0.29, 0.717) is 0 Å². The molecule has 0 N–H and O–H groups in total. The van der Waals surface area contributed by atoms with Gasteiger partial charge in [-0.1, -0.05) is 42.5 Å². The molecule has 21 heavy (non-hydrogen) atoms. The van der Waals surface area contributed by atoms with Gasteiger partial charge in [-0.15, -0.1) is 0 Å². The number of anilines is 2. The maximum absolute atomic E-state index is 4.41. The molecular weight excluding hydrogens is 324 g/mol. The van der Waals surface area contributed by atoms with Crippen molar-refractivity contribution in [3.8, 4) is 11.1 Å². The van der Waals surface area contributed by atoms with Gasteiger partial charge in [0, 0.05) is 23.4 Å². The largest absolute Gasteiger partial charge is 0.329 e. The zero-order valence-electron chi connectivity index (χ0n) is 11.7. The van der Waals surface area contributed by atoms with E-state index >= 15 is 0 Å². The molecule has 3 rings (SSSR count). The average Bonchev–Trinajstić information content (AvgIpc) is 2.56. The van der Waals surface area contributed by atoms with E-state index in [1.165, 1.54) is 11.1 Å². The predicted octanol–water partition coefficient (Wildman–Crippen LogP) is 5.28. The molecule has 0 fully saturated rings. The van der Waals surface area contributed by atoms with Crippen molar-refractivity contribution < 1.29 is 0 Å². The summed E-state index contributed by atoms with van der Waals surface area (Å²) in [7, 11) is 2.02. The van der Waals surface area contributed by atoms with Crippen LogP contribution < -0.4 is 4.90 Å². The highest BCUT2D eigenvalue weighted by atomic mass is 79.9. The van der Waals surface area contributed by atoms with Crippen molar-refractivity contribution in [2.75, 3.05) is 11.9 Å². The second-order valence-electron chi connectivity index (χ2n) is 4.81. The molecular formula is C18H15BrN2. The number of pyridine rings is 1. The van der Waals surface area contributed by atoms with Crippen LogP contribution in [0.25, 0.3) is 11.1 Å². The fourth-order valence-electron chi connectivity index (χ4n) is 2.21. The van der Waals surface area contributed by atoms with E-state index in [0.717, 1.165) is 16.0 Å². The molecule has 3 aromatic rings. The van der Waals surface area contributed by atoms with E-state index < -0.39 is 0 Å². The van der Waals surface area contributed by atoms with Gasteiger partial charge in [0.05, 0.1) is 0 Å². The van der Waals surface area contributed by atoms with Crippen LogP contribution in [0.2, 0.25) is 0 Å². The number of halogens is 1. The fourth-order valence-corrected chi connectivity index (χ4v) is 2.44. The van der Waals surface area contributed by atoms with E-state index in [9.17, 15) is 0 Å². The third kappa shape index (κ3) is 3.14. The number of hydrogen-bond donors (Lipinski definition) is 0. The van der Waals surface area contributed by atoms with E-state index in [1.807, 2.05) is 31.4 Å². The summed E-state index contributed by atoms with van der Waals surface area (Å²) in [5.41, 5.74) is 3.56. The lowest BCUT2D eigenvalue weighted by molar-refractivity contribution is 1.12. The molecule has 3 heteroatoms. The maximum atomic E-state index is 4.41. The standard InChI is InChI=1S/C18H15BrN2/c1-21(18-12-9-16(19)13-20-18)17-10-7-15(8-11-17)14-5-3-2-4-6-14/h2-13H,1H3. The van der Waals surface area contributed by atoms with Gasteiger partial charge in [-0.05, 0) is 51.3 Å². The first kappa shape index (κ1) is 13.8. The summed E-state index contributed by atoms with van der Waals surface area (Å²) in [6.45, 7) is 0. The summed E-state index contributed by atoms with van der Waals surface area (Å²) >= 11 is 3.41. The highest BCUT2D eigenvalue weighted by molar-refractivity contribution is 9.10. The molecule has 1 heterocycles. The molecule has 0 aliphatic rings. The molecule has 0 radical (unpaired) electrons. The maximum Gasteiger partial charge on any atom is 0.132 e. The van der Waals surface area contributed by atoms with Crippen LogP contribution in [-0.4, -0.2) is 12.0 Å². The van der Waals surface area contributed by atoms with Crippen LogP contribution in [0, 0.1) is 0 Å². The molecule has 2 aromatic carbocycles. The number of benzene rings is 2. The van der Waals surface area contributed by atoms with Crippen molar-refractivity contribution in [1.82, 2.24) is 4.98 Å². The summed E-state index contributed by atoms with van der Waals surface area (Å²) in [5.74, 6) is 0.922. The zero-order valence-corrected chi connectivity index (χ0v) is 13.3. The SMILES string of the molecule is CN(c1ccc(-c2ccccc2)cc1)c1ccc(Br)cn1. The predicted molar refractivity (Wildman–Crippen MR) is 91.9 cm³/mol. The lowest BCUT2D eigenvalue weighted by atomic mass is 10.1. The molecule has 0 atom stereocenters. The molecule has 104 valence electrons. The van der Waals surface area contributed by atoms with E-state index in [2.05, 4.69) is 74.3 Å². The lowest BCUT2D eigenvalue weighted by Crippen LogP contribution is -2.10. The van der Waals surface area contributed by atoms with Gasteiger partial charge in [0.25, 0.3) is 0 Å². The van der Waals surface area contributed by atoms with Gasteiger partial charge < -0.3 is 4.90 Å². The smallest absolute Gasteiger partial charge is 0.132 e. The van der Waals surface area contributed by atoms with E-state index in [4.69, 9.17) is 0 Å². The van der Waals surface area contributed by atoms with Crippen LogP contribution in [0.15, 0.2) is 77.4 Å². The van der Waals surface area contributed by atoms with E-state index in [1.54, 1.807) is 0 Å². The van der Waals surface area contributed by atoms with Crippen LogP contribution in [0.1, 0.15) is 0 Å². The Bertz CT molecular complexity index is 706. The first-order valence-corrected chi connectivity index (χ1v) is 7.54. The molecule has 0 saturated heterocycles. The second-order valence-corrected chi connectivity index (χ2v) is 5.72. The van der Waals surface area contributed by atoms with Crippen LogP contribution in [0.3, 0.4) is 0 Å². The molecule has 2 nitrogen and oxygen atoms in total. The number of nitrogens with zero attached hydrogens (tertiary/aromatic N) is 2. The topological polar surface area (TPSA) is 16.1 Å². The first-order chi connectivity index (χ1) is 10.2. The second kappa shape index (κ2) is 6.10. The normalized spacial score (nSPS) is 10.4. The molecule has 0 unspecified atom stereocenters. The molecule has 0 bridgehead atoms. The Morgan fingerprint density at radius 2 is 1.48 bits per heavy atom. The van der Waals surface area contributed by atoms with Crippen molar-refractivity contribution in [2.45, 2.75) is 0 Å². The highest BCUT2D eigenvalue weighted by Gasteiger charge is 2.05. The Morgan fingerprint density at radius 3 is 2.10 bits per heavy atom. The molecule has 1 aromatic heterocycles. The summed E-state index contributed by atoms with van der Waals surface area (Å²) in [6.07, 6.45) is 1.81. The van der Waals surface area contributed by atoms with Crippen molar-refractivity contribution >= 4 is 27.4 Å². The number of aromatic nitrogens is 1. The minimum Gasteiger partial charge on any atom is -0.329 e. The third-order valence-corrected chi connectivity index (χ3v) is 3.89. The van der Waals surface area contributed by atoms with Gasteiger partial charge >= 0.3 is 0 Å². The molecule has 0 aliphatic carbocycles. The summed E-state index contributed by atoms with van der Waals surface area (Å²) in [4.78, 5) is 6.48. The Balaban J connectivity index is 1.85. The quantitative estimate of drug-likeness (QED) is 0.645. The van der Waals surface area contributed by atoms with E-state index in [-0.39, 0.29) is 0 Å². The van der Waals surface area contributed by atoms with Crippen LogP contribution >= 0.6 is 15.9 Å². The van der Waals surface area contributed by atoms with Gasteiger partial charge in [0.1, 0.15) is 5.82 Å². The first-order valence-electron chi connectivity index (χ1n) is 6.75. The third-order valence-electron chi connectivity index (χ3n) is 3.42. The number of hydrogen-bond acceptors (Lipinski definition) is 2. The Kier molecular flexibility index (Phi) is 4.02. The van der Waals surface area contributed by atoms with Crippen molar-refractivity contribution in [1.29, 1.82) is 0 Å². The Labute approximate surface area is 133 Å². The van der Waals surface area contributed by atoms with Gasteiger partial charge in [-0.25, -0.2) is 4.98 Å². The number of rotatable bonds is 3. The fraction of sp³-hybridized carbons (Fsp3) is 0.0556. The van der Waals surface area contributed by atoms with Gasteiger partial charge in [-0.3, -0.25) is 0 Å². The molecule has 0 spiro atoms. The zero-order chi connectivity index (χ0) is 14.7. The van der Waals surface area contributed by atoms with Crippen LogP contribution in [0.4, 0.5) is 11.5 Å². The Hall–Kier alpha value is -2.13. The van der Waals surface area contributed by atoms with Crippen LogP contribution in [0.5, 0.6) is 0 Å². The average molecular weight is 339 g/mol. The van der Waals surface area contributed by atoms with Gasteiger partial charge in [0.2, 0.25) is 0 Å². The van der Waals surface area contributed by atoms with Gasteiger partial charge in [0.15, 0.2) is 0 Å². The summed E-state index contributed by atoms with van der Waals surface area (Å²) in [6, 6.07) is 22.9. The monoisotopic (exact) mass is 338 g/mol.